The fraction of sp³-hybridized carbons (Fsp3) is 0.385. The lowest BCUT2D eigenvalue weighted by molar-refractivity contribution is 0.415. The number of fused-ring (bicyclic) bond motifs is 1. The van der Waals surface area contributed by atoms with Crippen molar-refractivity contribution in [2.24, 2.45) is 12.8 Å². The van der Waals surface area contributed by atoms with E-state index in [0.717, 1.165) is 12.2 Å². The molecule has 0 aliphatic carbocycles. The molecule has 0 aliphatic rings. The standard InChI is InChI=1S/C13H18N2O/c1-9(14)6-11-7-10-8-12(16-3)4-5-13(10)15(11)2/h4-5,7-9H,6,14H2,1-3H3. The molecule has 1 heterocycles. The first-order chi connectivity index (χ1) is 7.61. The molecule has 0 saturated carbocycles. The number of hydrogen-bond donors (Lipinski definition) is 1. The molecular weight excluding hydrogens is 200 g/mol. The van der Waals surface area contributed by atoms with Gasteiger partial charge in [-0.2, -0.15) is 0 Å². The summed E-state index contributed by atoms with van der Waals surface area (Å²) in [5, 5.41) is 1.21. The average molecular weight is 218 g/mol. The molecule has 0 aliphatic heterocycles. The van der Waals surface area contributed by atoms with Crippen LogP contribution in [0, 0.1) is 0 Å². The lowest BCUT2D eigenvalue weighted by Crippen LogP contribution is -2.19. The molecule has 1 unspecified atom stereocenters. The Labute approximate surface area is 95.8 Å². The second kappa shape index (κ2) is 4.18. The summed E-state index contributed by atoms with van der Waals surface area (Å²) in [6, 6.07) is 8.49. The average Bonchev–Trinajstić information content (AvgIpc) is 2.54. The maximum Gasteiger partial charge on any atom is 0.119 e. The van der Waals surface area contributed by atoms with Crippen molar-refractivity contribution < 1.29 is 4.74 Å². The second-order valence-corrected chi connectivity index (χ2v) is 4.30. The first kappa shape index (κ1) is 11.0. The van der Waals surface area contributed by atoms with Crippen LogP contribution in [-0.2, 0) is 13.5 Å². The molecule has 2 rings (SSSR count). The molecule has 1 aromatic heterocycles. The van der Waals surface area contributed by atoms with Gasteiger partial charge in [0.2, 0.25) is 0 Å². The minimum atomic E-state index is 0.185. The lowest BCUT2D eigenvalue weighted by Gasteiger charge is -2.06. The van der Waals surface area contributed by atoms with Crippen molar-refractivity contribution in [2.75, 3.05) is 7.11 Å². The zero-order valence-electron chi connectivity index (χ0n) is 10.0. The zero-order valence-corrected chi connectivity index (χ0v) is 10.0. The third kappa shape index (κ3) is 1.91. The third-order valence-corrected chi connectivity index (χ3v) is 2.88. The highest BCUT2D eigenvalue weighted by Crippen LogP contribution is 2.24. The Morgan fingerprint density at radius 1 is 1.38 bits per heavy atom. The Kier molecular flexibility index (Phi) is 2.88. The van der Waals surface area contributed by atoms with Gasteiger partial charge in [-0.25, -0.2) is 0 Å². The Hall–Kier alpha value is -1.48. The summed E-state index contributed by atoms with van der Waals surface area (Å²) in [4.78, 5) is 0. The van der Waals surface area contributed by atoms with E-state index < -0.39 is 0 Å². The highest BCUT2D eigenvalue weighted by atomic mass is 16.5. The molecule has 2 N–H and O–H groups in total. The topological polar surface area (TPSA) is 40.2 Å². The van der Waals surface area contributed by atoms with Gasteiger partial charge < -0.3 is 15.0 Å². The summed E-state index contributed by atoms with van der Waals surface area (Å²) >= 11 is 0. The van der Waals surface area contributed by atoms with E-state index in [9.17, 15) is 0 Å². The van der Waals surface area contributed by atoms with Crippen LogP contribution < -0.4 is 10.5 Å². The number of rotatable bonds is 3. The number of nitrogens with zero attached hydrogens (tertiary/aromatic N) is 1. The van der Waals surface area contributed by atoms with Crippen LogP contribution in [0.5, 0.6) is 5.75 Å². The van der Waals surface area contributed by atoms with Crippen LogP contribution in [0.2, 0.25) is 0 Å². The number of hydrogen-bond acceptors (Lipinski definition) is 2. The van der Waals surface area contributed by atoms with Crippen LogP contribution >= 0.6 is 0 Å². The second-order valence-electron chi connectivity index (χ2n) is 4.30. The van der Waals surface area contributed by atoms with Gasteiger partial charge in [0.15, 0.2) is 0 Å². The molecule has 3 heteroatoms. The molecule has 0 radical (unpaired) electrons. The molecule has 0 saturated heterocycles. The van der Waals surface area contributed by atoms with Crippen molar-refractivity contribution >= 4 is 10.9 Å². The maximum atomic E-state index is 5.83. The SMILES string of the molecule is COc1ccc2c(c1)cc(CC(C)N)n2C. The normalized spacial score (nSPS) is 13.0. The summed E-state index contributed by atoms with van der Waals surface area (Å²) in [6.45, 7) is 2.03. The molecule has 2 aromatic rings. The highest BCUT2D eigenvalue weighted by molar-refractivity contribution is 5.82. The van der Waals surface area contributed by atoms with Gasteiger partial charge in [-0.1, -0.05) is 0 Å². The van der Waals surface area contributed by atoms with E-state index in [1.54, 1.807) is 7.11 Å². The van der Waals surface area contributed by atoms with E-state index in [0.29, 0.717) is 0 Å². The van der Waals surface area contributed by atoms with E-state index in [1.165, 1.54) is 16.6 Å². The van der Waals surface area contributed by atoms with Gasteiger partial charge in [0.25, 0.3) is 0 Å². The Morgan fingerprint density at radius 2 is 2.12 bits per heavy atom. The van der Waals surface area contributed by atoms with E-state index in [2.05, 4.69) is 29.8 Å². The van der Waals surface area contributed by atoms with Crippen molar-refractivity contribution in [3.8, 4) is 5.75 Å². The van der Waals surface area contributed by atoms with Crippen LogP contribution in [0.1, 0.15) is 12.6 Å². The molecule has 0 bridgehead atoms. The van der Waals surface area contributed by atoms with E-state index >= 15 is 0 Å². The zero-order chi connectivity index (χ0) is 11.7. The minimum Gasteiger partial charge on any atom is -0.497 e. The molecule has 16 heavy (non-hydrogen) atoms. The molecular formula is C13H18N2O. The van der Waals surface area contributed by atoms with Crippen molar-refractivity contribution in [3.63, 3.8) is 0 Å². The molecule has 3 nitrogen and oxygen atoms in total. The molecule has 86 valence electrons. The minimum absolute atomic E-state index is 0.185. The van der Waals surface area contributed by atoms with E-state index in [-0.39, 0.29) is 6.04 Å². The smallest absolute Gasteiger partial charge is 0.119 e. The van der Waals surface area contributed by atoms with Crippen molar-refractivity contribution in [1.29, 1.82) is 0 Å². The van der Waals surface area contributed by atoms with Crippen molar-refractivity contribution in [2.45, 2.75) is 19.4 Å². The lowest BCUT2D eigenvalue weighted by atomic mass is 10.2. The maximum absolute atomic E-state index is 5.83. The van der Waals surface area contributed by atoms with Crippen LogP contribution in [0.4, 0.5) is 0 Å². The predicted molar refractivity (Wildman–Crippen MR) is 66.8 cm³/mol. The van der Waals surface area contributed by atoms with Crippen molar-refractivity contribution in [3.05, 3.63) is 30.0 Å². The molecule has 1 atom stereocenters. The van der Waals surface area contributed by atoms with Gasteiger partial charge in [-0.15, -0.1) is 0 Å². The number of methoxy groups -OCH3 is 1. The number of ether oxygens (including phenoxy) is 1. The number of aryl methyl sites for hydroxylation is 1. The quantitative estimate of drug-likeness (QED) is 0.856. The summed E-state index contributed by atoms with van der Waals surface area (Å²) < 4.78 is 7.41. The summed E-state index contributed by atoms with van der Waals surface area (Å²) in [7, 11) is 3.76. The van der Waals surface area contributed by atoms with Gasteiger partial charge in [0, 0.05) is 36.1 Å². The number of aromatic nitrogens is 1. The van der Waals surface area contributed by atoms with Crippen LogP contribution in [0.25, 0.3) is 10.9 Å². The molecule has 0 amide bonds. The van der Waals surface area contributed by atoms with E-state index in [4.69, 9.17) is 10.5 Å². The van der Waals surface area contributed by atoms with Gasteiger partial charge in [-0.05, 0) is 31.2 Å². The van der Waals surface area contributed by atoms with Gasteiger partial charge in [0.05, 0.1) is 7.11 Å². The Balaban J connectivity index is 2.50. The molecule has 0 spiro atoms. The molecule has 1 aromatic carbocycles. The monoisotopic (exact) mass is 218 g/mol. The predicted octanol–water partition coefficient (Wildman–Crippen LogP) is 2.08. The Bertz CT molecular complexity index is 500. The third-order valence-electron chi connectivity index (χ3n) is 2.88. The molecule has 0 fully saturated rings. The van der Waals surface area contributed by atoms with Gasteiger partial charge >= 0.3 is 0 Å². The fourth-order valence-corrected chi connectivity index (χ4v) is 2.04. The van der Waals surface area contributed by atoms with Gasteiger partial charge in [-0.3, -0.25) is 0 Å². The van der Waals surface area contributed by atoms with Crippen LogP contribution in [-0.4, -0.2) is 17.7 Å². The first-order valence-electron chi connectivity index (χ1n) is 5.49. The summed E-state index contributed by atoms with van der Waals surface area (Å²) in [5.74, 6) is 0.894. The van der Waals surface area contributed by atoms with Gasteiger partial charge in [0.1, 0.15) is 5.75 Å². The summed E-state index contributed by atoms with van der Waals surface area (Å²) in [5.41, 5.74) is 8.31. The highest BCUT2D eigenvalue weighted by Gasteiger charge is 2.08. The number of benzene rings is 1. The van der Waals surface area contributed by atoms with Crippen molar-refractivity contribution in [1.82, 2.24) is 4.57 Å². The van der Waals surface area contributed by atoms with Crippen LogP contribution in [0.3, 0.4) is 0 Å². The van der Waals surface area contributed by atoms with Crippen LogP contribution in [0.15, 0.2) is 24.3 Å². The fourth-order valence-electron chi connectivity index (χ4n) is 2.04. The number of nitrogens with two attached hydrogens (primary N) is 1. The van der Waals surface area contributed by atoms with E-state index in [1.807, 2.05) is 13.0 Å². The summed E-state index contributed by atoms with van der Waals surface area (Å²) in [6.07, 6.45) is 0.896. The Morgan fingerprint density at radius 3 is 2.75 bits per heavy atom. The first-order valence-corrected chi connectivity index (χ1v) is 5.49. The largest absolute Gasteiger partial charge is 0.497 e.